The van der Waals surface area contributed by atoms with E-state index in [1.54, 1.807) is 0 Å². The van der Waals surface area contributed by atoms with E-state index < -0.39 is 0 Å². The molecule has 2 aromatic rings. The van der Waals surface area contributed by atoms with Gasteiger partial charge in [-0.25, -0.2) is 0 Å². The van der Waals surface area contributed by atoms with Crippen molar-refractivity contribution in [2.75, 3.05) is 6.54 Å². The third-order valence-corrected chi connectivity index (χ3v) is 5.38. The van der Waals surface area contributed by atoms with Gasteiger partial charge in [0.25, 0.3) is 0 Å². The molecule has 0 radical (unpaired) electrons. The highest BCUT2D eigenvalue weighted by Gasteiger charge is 2.02. The molecule has 0 saturated heterocycles. The number of nitrogens with one attached hydrogen (secondary N) is 1. The van der Waals surface area contributed by atoms with Crippen LogP contribution in [0.25, 0.3) is 0 Å². The zero-order valence-electron chi connectivity index (χ0n) is 18.7. The number of benzene rings is 2. The average Bonchev–Trinajstić information content (AvgIpc) is 2.80. The van der Waals surface area contributed by atoms with Crippen molar-refractivity contribution in [3.8, 4) is 5.75 Å². The quantitative estimate of drug-likeness (QED) is 0.250. The molecule has 0 aliphatic heterocycles. The first-order valence-electron chi connectivity index (χ1n) is 11.7. The molecular weight excluding hydrogens is 386 g/mol. The minimum absolute atomic E-state index is 0.150. The number of hydrogen-bond donors (Lipinski definition) is 1. The Kier molecular flexibility index (Phi) is 12.8. The van der Waals surface area contributed by atoms with E-state index in [-0.39, 0.29) is 5.91 Å². The summed E-state index contributed by atoms with van der Waals surface area (Å²) >= 11 is 0. The maximum Gasteiger partial charge on any atom is 0.220 e. The molecule has 0 heterocycles. The molecule has 0 spiro atoms. The van der Waals surface area contributed by atoms with E-state index in [1.165, 1.54) is 31.2 Å². The molecule has 0 unspecified atom stereocenters. The molecule has 4 heteroatoms. The van der Waals surface area contributed by atoms with Crippen molar-refractivity contribution in [3.05, 3.63) is 65.7 Å². The standard InChI is InChI=1S/C27H37NO3/c29-22-12-7-5-3-1-2-4-6-11-15-27(30)28-21-20-24-16-18-26(19-17-24)31-23-25-13-9-8-10-14-25/h8-10,13-14,16-19,22H,1-7,11-12,15,20-21,23H2,(H,28,30). The number of unbranched alkanes of at least 4 members (excludes halogenated alkanes) is 8. The summed E-state index contributed by atoms with van der Waals surface area (Å²) < 4.78 is 5.81. The van der Waals surface area contributed by atoms with Crippen molar-refractivity contribution < 1.29 is 14.3 Å². The molecule has 2 rings (SSSR count). The number of ether oxygens (including phenoxy) is 1. The van der Waals surface area contributed by atoms with Crippen LogP contribution in [-0.2, 0) is 22.6 Å². The van der Waals surface area contributed by atoms with Gasteiger partial charge in [0.1, 0.15) is 18.6 Å². The Balaban J connectivity index is 1.47. The van der Waals surface area contributed by atoms with E-state index in [4.69, 9.17) is 4.74 Å². The monoisotopic (exact) mass is 423 g/mol. The Morgan fingerprint density at radius 3 is 2.10 bits per heavy atom. The van der Waals surface area contributed by atoms with Crippen LogP contribution in [0.5, 0.6) is 5.75 Å². The van der Waals surface area contributed by atoms with Crippen molar-refractivity contribution >= 4 is 12.2 Å². The van der Waals surface area contributed by atoms with Crippen LogP contribution < -0.4 is 10.1 Å². The number of amides is 1. The second-order valence-corrected chi connectivity index (χ2v) is 8.05. The predicted octanol–water partition coefficient (Wildman–Crippen LogP) is 6.02. The van der Waals surface area contributed by atoms with Crippen molar-refractivity contribution in [2.24, 2.45) is 0 Å². The van der Waals surface area contributed by atoms with Crippen LogP contribution in [0.15, 0.2) is 54.6 Å². The van der Waals surface area contributed by atoms with Crippen LogP contribution in [0.3, 0.4) is 0 Å². The lowest BCUT2D eigenvalue weighted by atomic mass is 10.1. The van der Waals surface area contributed by atoms with Gasteiger partial charge in [-0.2, -0.15) is 0 Å². The maximum atomic E-state index is 12.0. The Morgan fingerprint density at radius 1 is 0.774 bits per heavy atom. The normalized spacial score (nSPS) is 10.6. The van der Waals surface area contributed by atoms with E-state index >= 15 is 0 Å². The summed E-state index contributed by atoms with van der Waals surface area (Å²) in [4.78, 5) is 22.2. The number of carbonyl (C=O) groups is 2. The highest BCUT2D eigenvalue weighted by molar-refractivity contribution is 5.75. The molecule has 168 valence electrons. The third-order valence-electron chi connectivity index (χ3n) is 5.38. The van der Waals surface area contributed by atoms with Gasteiger partial charge in [0.15, 0.2) is 0 Å². The molecule has 1 N–H and O–H groups in total. The number of rotatable bonds is 17. The van der Waals surface area contributed by atoms with Gasteiger partial charge < -0.3 is 14.8 Å². The van der Waals surface area contributed by atoms with Crippen LogP contribution in [0.4, 0.5) is 0 Å². The fourth-order valence-corrected chi connectivity index (χ4v) is 3.50. The van der Waals surface area contributed by atoms with Gasteiger partial charge in [-0.3, -0.25) is 4.79 Å². The van der Waals surface area contributed by atoms with E-state index in [0.29, 0.717) is 26.0 Å². The molecule has 4 nitrogen and oxygen atoms in total. The van der Waals surface area contributed by atoms with E-state index in [0.717, 1.165) is 49.7 Å². The molecule has 0 aliphatic rings. The summed E-state index contributed by atoms with van der Waals surface area (Å²) in [6.07, 6.45) is 12.3. The molecule has 0 aliphatic carbocycles. The van der Waals surface area contributed by atoms with Gasteiger partial charge in [-0.05, 0) is 42.5 Å². The SMILES string of the molecule is O=CCCCCCCCCCCC(=O)NCCc1ccc(OCc2ccccc2)cc1. The first kappa shape index (κ1) is 24.6. The van der Waals surface area contributed by atoms with Gasteiger partial charge in [-0.1, -0.05) is 81.0 Å². The molecule has 0 aromatic heterocycles. The van der Waals surface area contributed by atoms with E-state index in [9.17, 15) is 9.59 Å². The fraction of sp³-hybridized carbons (Fsp3) is 0.481. The van der Waals surface area contributed by atoms with Gasteiger partial charge in [-0.15, -0.1) is 0 Å². The Morgan fingerprint density at radius 2 is 1.42 bits per heavy atom. The summed E-state index contributed by atoms with van der Waals surface area (Å²) in [6, 6.07) is 18.2. The first-order chi connectivity index (χ1) is 15.3. The lowest BCUT2D eigenvalue weighted by Crippen LogP contribution is -2.25. The zero-order valence-corrected chi connectivity index (χ0v) is 18.7. The maximum absolute atomic E-state index is 12.0. The number of carbonyl (C=O) groups excluding carboxylic acids is 2. The Hall–Kier alpha value is -2.62. The highest BCUT2D eigenvalue weighted by atomic mass is 16.5. The molecule has 0 saturated carbocycles. The first-order valence-corrected chi connectivity index (χ1v) is 11.7. The highest BCUT2D eigenvalue weighted by Crippen LogP contribution is 2.15. The molecule has 0 fully saturated rings. The van der Waals surface area contributed by atoms with E-state index in [2.05, 4.69) is 29.6 Å². The largest absolute Gasteiger partial charge is 0.489 e. The molecule has 31 heavy (non-hydrogen) atoms. The zero-order chi connectivity index (χ0) is 22.0. The third kappa shape index (κ3) is 12.0. The lowest BCUT2D eigenvalue weighted by molar-refractivity contribution is -0.121. The summed E-state index contributed by atoms with van der Waals surface area (Å²) in [5, 5.41) is 3.02. The molecule has 0 bridgehead atoms. The smallest absolute Gasteiger partial charge is 0.220 e. The van der Waals surface area contributed by atoms with Gasteiger partial charge in [0, 0.05) is 19.4 Å². The minimum atomic E-state index is 0.150. The van der Waals surface area contributed by atoms with Gasteiger partial charge >= 0.3 is 0 Å². The molecular formula is C27H37NO3. The fourth-order valence-electron chi connectivity index (χ4n) is 3.50. The Bertz CT molecular complexity index is 728. The van der Waals surface area contributed by atoms with Crippen LogP contribution >= 0.6 is 0 Å². The summed E-state index contributed by atoms with van der Waals surface area (Å²) in [5.41, 5.74) is 2.35. The van der Waals surface area contributed by atoms with Crippen molar-refractivity contribution in [1.29, 1.82) is 0 Å². The number of aldehydes is 1. The van der Waals surface area contributed by atoms with Crippen LogP contribution in [0.2, 0.25) is 0 Å². The predicted molar refractivity (Wildman–Crippen MR) is 126 cm³/mol. The van der Waals surface area contributed by atoms with Crippen molar-refractivity contribution in [1.82, 2.24) is 5.32 Å². The lowest BCUT2D eigenvalue weighted by Gasteiger charge is -2.08. The molecule has 1 amide bonds. The Labute approximate surface area is 187 Å². The van der Waals surface area contributed by atoms with Crippen LogP contribution in [0.1, 0.15) is 75.3 Å². The number of hydrogen-bond acceptors (Lipinski definition) is 3. The second-order valence-electron chi connectivity index (χ2n) is 8.05. The molecule has 2 aromatic carbocycles. The van der Waals surface area contributed by atoms with Crippen molar-refractivity contribution in [2.45, 2.75) is 77.2 Å². The second kappa shape index (κ2) is 16.1. The van der Waals surface area contributed by atoms with Crippen LogP contribution in [-0.4, -0.2) is 18.7 Å². The average molecular weight is 424 g/mol. The van der Waals surface area contributed by atoms with Gasteiger partial charge in [0.2, 0.25) is 5.91 Å². The summed E-state index contributed by atoms with van der Waals surface area (Å²) in [5.74, 6) is 1.01. The minimum Gasteiger partial charge on any atom is -0.489 e. The summed E-state index contributed by atoms with van der Waals surface area (Å²) in [7, 11) is 0. The van der Waals surface area contributed by atoms with Crippen molar-refractivity contribution in [3.63, 3.8) is 0 Å². The topological polar surface area (TPSA) is 55.4 Å². The van der Waals surface area contributed by atoms with E-state index in [1.807, 2.05) is 30.3 Å². The van der Waals surface area contributed by atoms with Gasteiger partial charge in [0.05, 0.1) is 0 Å². The summed E-state index contributed by atoms with van der Waals surface area (Å²) in [6.45, 7) is 1.24. The van der Waals surface area contributed by atoms with Crippen LogP contribution in [0, 0.1) is 0 Å². The molecule has 0 atom stereocenters.